The fourth-order valence-corrected chi connectivity index (χ4v) is 2.83. The maximum atomic E-state index is 9.44. The minimum Gasteiger partial charge on any atom is -0.297 e. The van der Waals surface area contributed by atoms with Crippen molar-refractivity contribution in [1.82, 2.24) is 15.1 Å². The van der Waals surface area contributed by atoms with Gasteiger partial charge in [0.05, 0.1) is 28.0 Å². The lowest BCUT2D eigenvalue weighted by Crippen LogP contribution is -2.44. The van der Waals surface area contributed by atoms with Crippen LogP contribution in [0.1, 0.15) is 50.5 Å². The predicted molar refractivity (Wildman–Crippen MR) is 78.9 cm³/mol. The lowest BCUT2D eigenvalue weighted by atomic mass is 9.95. The summed E-state index contributed by atoms with van der Waals surface area (Å²) in [6, 6.07) is 3.15. The molecule has 1 aromatic heterocycles. The van der Waals surface area contributed by atoms with Gasteiger partial charge in [-0.1, -0.05) is 0 Å². The summed E-state index contributed by atoms with van der Waals surface area (Å²) in [5.41, 5.74) is 1.65. The van der Waals surface area contributed by atoms with E-state index in [1.54, 1.807) is 0 Å². The van der Waals surface area contributed by atoms with Crippen molar-refractivity contribution < 1.29 is 0 Å². The van der Waals surface area contributed by atoms with Crippen molar-refractivity contribution in [2.45, 2.75) is 64.6 Å². The van der Waals surface area contributed by atoms with Crippen LogP contribution >= 0.6 is 15.9 Å². The van der Waals surface area contributed by atoms with E-state index in [0.717, 1.165) is 22.3 Å². The second kappa shape index (κ2) is 5.26. The van der Waals surface area contributed by atoms with Gasteiger partial charge in [0.15, 0.2) is 0 Å². The summed E-state index contributed by atoms with van der Waals surface area (Å²) < 4.78 is 3.08. The van der Waals surface area contributed by atoms with Gasteiger partial charge >= 0.3 is 0 Å². The summed E-state index contributed by atoms with van der Waals surface area (Å²) >= 11 is 3.55. The van der Waals surface area contributed by atoms with E-state index in [2.05, 4.69) is 46.3 Å². The molecule has 0 amide bonds. The Bertz CT molecular complexity index is 512. The Morgan fingerprint density at radius 3 is 2.63 bits per heavy atom. The van der Waals surface area contributed by atoms with Crippen LogP contribution in [0.2, 0.25) is 0 Å². The lowest BCUT2D eigenvalue weighted by Gasteiger charge is -2.27. The molecule has 2 unspecified atom stereocenters. The summed E-state index contributed by atoms with van der Waals surface area (Å²) in [6.07, 6.45) is 3.14. The Kier molecular flexibility index (Phi) is 4.03. The van der Waals surface area contributed by atoms with Gasteiger partial charge in [0.2, 0.25) is 0 Å². The molecule has 1 saturated carbocycles. The van der Waals surface area contributed by atoms with Crippen LogP contribution in [0.25, 0.3) is 0 Å². The smallest absolute Gasteiger partial charge is 0.106 e. The van der Waals surface area contributed by atoms with Gasteiger partial charge in [-0.2, -0.15) is 10.4 Å². The molecule has 2 rings (SSSR count). The molecular weight excluding hydrogens is 304 g/mol. The number of aryl methyl sites for hydroxylation is 1. The normalized spacial score (nSPS) is 19.8. The molecule has 0 radical (unpaired) electrons. The van der Waals surface area contributed by atoms with Crippen molar-refractivity contribution in [3.8, 4) is 6.07 Å². The zero-order valence-corrected chi connectivity index (χ0v) is 13.6. The monoisotopic (exact) mass is 324 g/mol. The van der Waals surface area contributed by atoms with Crippen molar-refractivity contribution in [2.24, 2.45) is 0 Å². The molecule has 0 aromatic carbocycles. The van der Waals surface area contributed by atoms with E-state index < -0.39 is 5.54 Å². The molecule has 5 heteroatoms. The molecule has 1 heterocycles. The molecule has 0 saturated heterocycles. The first-order chi connectivity index (χ1) is 8.86. The fourth-order valence-electron chi connectivity index (χ4n) is 2.56. The number of hydrogen-bond donors (Lipinski definition) is 1. The maximum absolute atomic E-state index is 9.44. The van der Waals surface area contributed by atoms with Gasteiger partial charge < -0.3 is 0 Å². The number of hydrogen-bond acceptors (Lipinski definition) is 3. The van der Waals surface area contributed by atoms with E-state index in [1.165, 1.54) is 12.8 Å². The first-order valence-electron chi connectivity index (χ1n) is 6.76. The van der Waals surface area contributed by atoms with Crippen molar-refractivity contribution in [1.29, 1.82) is 5.26 Å². The third-order valence-corrected chi connectivity index (χ3v) is 4.85. The average molecular weight is 325 g/mol. The summed E-state index contributed by atoms with van der Waals surface area (Å²) in [5, 5.41) is 17.4. The molecule has 1 aliphatic carbocycles. The molecule has 0 aliphatic heterocycles. The van der Waals surface area contributed by atoms with Gasteiger partial charge in [0.1, 0.15) is 5.54 Å². The van der Waals surface area contributed by atoms with Gasteiger partial charge in [-0.3, -0.25) is 10.00 Å². The summed E-state index contributed by atoms with van der Waals surface area (Å²) in [4.78, 5) is 0. The van der Waals surface area contributed by atoms with Gasteiger partial charge in [-0.15, -0.1) is 0 Å². The fraction of sp³-hybridized carbons (Fsp3) is 0.714. The van der Waals surface area contributed by atoms with E-state index in [1.807, 2.05) is 18.5 Å². The molecule has 2 atom stereocenters. The number of rotatable bonds is 5. The predicted octanol–water partition coefficient (Wildman–Crippen LogP) is 3.25. The van der Waals surface area contributed by atoms with E-state index in [4.69, 9.17) is 0 Å². The summed E-state index contributed by atoms with van der Waals surface area (Å²) in [7, 11) is 0. The van der Waals surface area contributed by atoms with Crippen LogP contribution in [0.15, 0.2) is 4.47 Å². The molecule has 0 bridgehead atoms. The van der Waals surface area contributed by atoms with E-state index in [9.17, 15) is 5.26 Å². The van der Waals surface area contributed by atoms with Crippen LogP contribution in [0.5, 0.6) is 0 Å². The van der Waals surface area contributed by atoms with Crippen LogP contribution in [0, 0.1) is 25.2 Å². The first-order valence-corrected chi connectivity index (χ1v) is 7.56. The largest absolute Gasteiger partial charge is 0.297 e. The van der Waals surface area contributed by atoms with Crippen LogP contribution in [-0.4, -0.2) is 21.4 Å². The second-order valence-corrected chi connectivity index (χ2v) is 6.64. The van der Waals surface area contributed by atoms with Crippen LogP contribution in [0.4, 0.5) is 0 Å². The number of halogens is 1. The highest BCUT2D eigenvalue weighted by molar-refractivity contribution is 9.10. The average Bonchev–Trinajstić information content (AvgIpc) is 3.12. The topological polar surface area (TPSA) is 53.6 Å². The highest BCUT2D eigenvalue weighted by Gasteiger charge is 2.34. The van der Waals surface area contributed by atoms with Crippen molar-refractivity contribution in [2.75, 3.05) is 0 Å². The highest BCUT2D eigenvalue weighted by Crippen LogP contribution is 2.29. The lowest BCUT2D eigenvalue weighted by molar-refractivity contribution is 0.327. The third kappa shape index (κ3) is 3.18. The van der Waals surface area contributed by atoms with E-state index in [0.29, 0.717) is 6.04 Å². The Morgan fingerprint density at radius 1 is 1.58 bits per heavy atom. The molecular formula is C14H21BrN4. The van der Waals surface area contributed by atoms with Crippen LogP contribution in [0.3, 0.4) is 0 Å². The molecule has 4 nitrogen and oxygen atoms in total. The number of aromatic nitrogens is 2. The van der Waals surface area contributed by atoms with E-state index >= 15 is 0 Å². The SMILES string of the molecule is Cc1nn(C(C)CC(C)(C#N)NC2CC2)c(C)c1Br. The Hall–Kier alpha value is -0.860. The van der Waals surface area contributed by atoms with Crippen molar-refractivity contribution in [3.63, 3.8) is 0 Å². The van der Waals surface area contributed by atoms with Gasteiger partial charge in [0.25, 0.3) is 0 Å². The highest BCUT2D eigenvalue weighted by atomic mass is 79.9. The maximum Gasteiger partial charge on any atom is 0.106 e. The Labute approximate surface area is 123 Å². The van der Waals surface area contributed by atoms with E-state index in [-0.39, 0.29) is 6.04 Å². The molecule has 0 spiro atoms. The number of nitriles is 1. The number of nitrogens with one attached hydrogen (secondary N) is 1. The molecule has 1 aliphatic rings. The molecule has 1 aromatic rings. The summed E-state index contributed by atoms with van der Waals surface area (Å²) in [6.45, 7) is 8.16. The van der Waals surface area contributed by atoms with Crippen LogP contribution < -0.4 is 5.32 Å². The van der Waals surface area contributed by atoms with Crippen molar-refractivity contribution in [3.05, 3.63) is 15.9 Å². The Balaban J connectivity index is 2.12. The minimum absolute atomic E-state index is 0.195. The summed E-state index contributed by atoms with van der Waals surface area (Å²) in [5.74, 6) is 0. The number of nitrogens with zero attached hydrogens (tertiary/aromatic N) is 3. The van der Waals surface area contributed by atoms with Crippen molar-refractivity contribution >= 4 is 15.9 Å². The first kappa shape index (κ1) is 14.5. The van der Waals surface area contributed by atoms with Crippen LogP contribution in [-0.2, 0) is 0 Å². The Morgan fingerprint density at radius 2 is 2.21 bits per heavy atom. The minimum atomic E-state index is -0.473. The second-order valence-electron chi connectivity index (χ2n) is 5.85. The zero-order valence-electron chi connectivity index (χ0n) is 12.0. The molecule has 1 N–H and O–H groups in total. The zero-order chi connectivity index (χ0) is 14.2. The molecule has 104 valence electrons. The molecule has 1 fully saturated rings. The van der Waals surface area contributed by atoms with Gasteiger partial charge in [-0.05, 0) is 56.5 Å². The standard InChI is InChI=1S/C14H21BrN4/c1-9(19-11(3)13(15)10(2)18-19)7-14(4,8-16)17-12-5-6-12/h9,12,17H,5-7H2,1-4H3. The van der Waals surface area contributed by atoms with Gasteiger partial charge in [-0.25, -0.2) is 0 Å². The quantitative estimate of drug-likeness (QED) is 0.904. The van der Waals surface area contributed by atoms with Gasteiger partial charge in [0, 0.05) is 12.5 Å². The third-order valence-electron chi connectivity index (χ3n) is 3.70. The molecule has 19 heavy (non-hydrogen) atoms.